The van der Waals surface area contributed by atoms with E-state index in [1.807, 2.05) is 24.3 Å². The third-order valence-electron chi connectivity index (χ3n) is 5.96. The molecule has 0 spiro atoms. The van der Waals surface area contributed by atoms with Crippen molar-refractivity contribution in [2.75, 3.05) is 13.1 Å². The monoisotopic (exact) mass is 378 g/mol. The van der Waals surface area contributed by atoms with Gasteiger partial charge in [0.15, 0.2) is 0 Å². The van der Waals surface area contributed by atoms with Gasteiger partial charge in [-0.3, -0.25) is 0 Å². The van der Waals surface area contributed by atoms with Crippen molar-refractivity contribution in [2.45, 2.75) is 25.8 Å². The van der Waals surface area contributed by atoms with Crippen molar-refractivity contribution < 1.29 is 4.90 Å². The van der Waals surface area contributed by atoms with Crippen LogP contribution in [0.2, 0.25) is 5.02 Å². The summed E-state index contributed by atoms with van der Waals surface area (Å²) in [5.74, 6) is -1.39. The average molecular weight is 379 g/mol. The lowest BCUT2D eigenvalue weighted by Gasteiger charge is -2.46. The number of quaternary nitrogens is 1. The van der Waals surface area contributed by atoms with Crippen molar-refractivity contribution in [2.24, 2.45) is 17.3 Å². The molecule has 1 heterocycles. The molecule has 5 nitrogen and oxygen atoms in total. The fraction of sp³-hybridized carbons (Fsp3) is 0.429. The van der Waals surface area contributed by atoms with Gasteiger partial charge in [0.25, 0.3) is 0 Å². The Labute approximate surface area is 164 Å². The van der Waals surface area contributed by atoms with Crippen molar-refractivity contribution in [3.05, 3.63) is 46.5 Å². The smallest absolute Gasteiger partial charge is 0.203 e. The average Bonchev–Trinajstić information content (AvgIpc) is 2.68. The van der Waals surface area contributed by atoms with Gasteiger partial charge in [-0.15, -0.1) is 0 Å². The van der Waals surface area contributed by atoms with E-state index in [4.69, 9.17) is 17.0 Å². The SMILES string of the molecule is CC(C)[NH+]1CC=C2[C@H](C1)[C@H](c1ccccc1Cl)[C@@H](C#N)C(=N)C2(C#N)C#N. The molecular weight excluding hydrogens is 358 g/mol. The molecule has 27 heavy (non-hydrogen) atoms. The molecule has 1 aromatic carbocycles. The van der Waals surface area contributed by atoms with E-state index in [2.05, 4.69) is 32.1 Å². The Morgan fingerprint density at radius 3 is 2.44 bits per heavy atom. The predicted molar refractivity (Wildman–Crippen MR) is 102 cm³/mol. The molecule has 136 valence electrons. The van der Waals surface area contributed by atoms with Crippen molar-refractivity contribution in [1.29, 1.82) is 21.2 Å². The largest absolute Gasteiger partial charge is 0.329 e. The van der Waals surface area contributed by atoms with E-state index in [1.165, 1.54) is 4.90 Å². The second kappa shape index (κ2) is 7.16. The van der Waals surface area contributed by atoms with Crippen LogP contribution in [0.1, 0.15) is 25.3 Å². The summed E-state index contributed by atoms with van der Waals surface area (Å²) < 4.78 is 0. The van der Waals surface area contributed by atoms with Gasteiger partial charge in [0, 0.05) is 16.9 Å². The minimum atomic E-state index is -1.66. The molecule has 1 saturated carbocycles. The Hall–Kier alpha value is -2.65. The molecule has 1 aliphatic carbocycles. The third kappa shape index (κ3) is 2.83. The highest BCUT2D eigenvalue weighted by Gasteiger charge is 2.57. The van der Waals surface area contributed by atoms with Crippen LogP contribution in [-0.4, -0.2) is 24.8 Å². The highest BCUT2D eigenvalue weighted by molar-refractivity contribution is 6.31. The second-order valence-corrected chi connectivity index (χ2v) is 7.94. The first kappa shape index (κ1) is 19.1. The lowest BCUT2D eigenvalue weighted by Crippen LogP contribution is -3.16. The molecule has 0 radical (unpaired) electrons. The minimum Gasteiger partial charge on any atom is -0.329 e. The molecule has 3 rings (SSSR count). The van der Waals surface area contributed by atoms with Crippen LogP contribution in [-0.2, 0) is 0 Å². The number of halogens is 1. The summed E-state index contributed by atoms with van der Waals surface area (Å²) in [7, 11) is 0. The van der Waals surface area contributed by atoms with Crippen LogP contribution >= 0.6 is 11.6 Å². The van der Waals surface area contributed by atoms with E-state index in [1.54, 1.807) is 6.07 Å². The summed E-state index contributed by atoms with van der Waals surface area (Å²) in [6.45, 7) is 5.67. The third-order valence-corrected chi connectivity index (χ3v) is 6.31. The summed E-state index contributed by atoms with van der Waals surface area (Å²) in [6, 6.07) is 14.1. The van der Waals surface area contributed by atoms with E-state index in [-0.39, 0.29) is 17.5 Å². The van der Waals surface area contributed by atoms with E-state index in [0.29, 0.717) is 29.7 Å². The van der Waals surface area contributed by atoms with E-state index in [9.17, 15) is 15.8 Å². The van der Waals surface area contributed by atoms with Gasteiger partial charge < -0.3 is 10.3 Å². The van der Waals surface area contributed by atoms with Gasteiger partial charge >= 0.3 is 0 Å². The molecule has 1 aliphatic heterocycles. The van der Waals surface area contributed by atoms with Crippen LogP contribution in [0.25, 0.3) is 0 Å². The molecule has 4 atom stereocenters. The van der Waals surface area contributed by atoms with Crippen LogP contribution in [0.5, 0.6) is 0 Å². The van der Waals surface area contributed by atoms with Crippen LogP contribution in [0.15, 0.2) is 35.9 Å². The number of benzene rings is 1. The van der Waals surface area contributed by atoms with Gasteiger partial charge in [0.2, 0.25) is 5.41 Å². The Bertz CT molecular complexity index is 913. The first-order chi connectivity index (χ1) is 12.9. The quantitative estimate of drug-likeness (QED) is 0.773. The molecule has 1 aromatic rings. The number of nitrogens with one attached hydrogen (secondary N) is 2. The van der Waals surface area contributed by atoms with Crippen molar-refractivity contribution in [1.82, 2.24) is 0 Å². The molecular formula is C21H21ClN5+. The molecule has 2 aliphatic rings. The van der Waals surface area contributed by atoms with Gasteiger partial charge in [-0.1, -0.05) is 29.8 Å². The summed E-state index contributed by atoms with van der Waals surface area (Å²) >= 11 is 6.46. The fourth-order valence-corrected chi connectivity index (χ4v) is 4.71. The molecule has 0 bridgehead atoms. The Balaban J connectivity index is 2.25. The normalized spacial score (nSPS) is 29.1. The Morgan fingerprint density at radius 2 is 1.89 bits per heavy atom. The first-order valence-electron chi connectivity index (χ1n) is 9.01. The predicted octanol–water partition coefficient (Wildman–Crippen LogP) is 2.48. The van der Waals surface area contributed by atoms with Crippen molar-refractivity contribution >= 4 is 17.3 Å². The van der Waals surface area contributed by atoms with Crippen molar-refractivity contribution in [3.8, 4) is 18.2 Å². The number of hydrogen-bond donors (Lipinski definition) is 2. The van der Waals surface area contributed by atoms with Crippen molar-refractivity contribution in [3.63, 3.8) is 0 Å². The highest BCUT2D eigenvalue weighted by Crippen LogP contribution is 2.52. The molecule has 2 N–H and O–H groups in total. The van der Waals surface area contributed by atoms with Gasteiger partial charge in [-0.2, -0.15) is 15.8 Å². The second-order valence-electron chi connectivity index (χ2n) is 7.53. The van der Waals surface area contributed by atoms with Gasteiger partial charge in [-0.05, 0) is 37.1 Å². The molecule has 6 heteroatoms. The summed E-state index contributed by atoms with van der Waals surface area (Å²) in [5, 5.41) is 38.8. The Kier molecular flexibility index (Phi) is 5.07. The number of nitriles is 3. The Morgan fingerprint density at radius 1 is 1.22 bits per heavy atom. The van der Waals surface area contributed by atoms with Gasteiger partial charge in [-0.25, -0.2) is 0 Å². The summed E-state index contributed by atoms with van der Waals surface area (Å²) in [6.07, 6.45) is 1.95. The molecule has 1 unspecified atom stereocenters. The topological polar surface area (TPSA) is 99.7 Å². The maximum absolute atomic E-state index is 9.89. The molecule has 1 fully saturated rings. The number of fused-ring (bicyclic) bond motifs is 1. The van der Waals surface area contributed by atoms with Crippen LogP contribution in [0.3, 0.4) is 0 Å². The number of hydrogen-bond acceptors (Lipinski definition) is 4. The summed E-state index contributed by atoms with van der Waals surface area (Å²) in [5.41, 5.74) is -0.319. The first-order valence-corrected chi connectivity index (χ1v) is 9.39. The minimum absolute atomic E-state index is 0.129. The lowest BCUT2D eigenvalue weighted by atomic mass is 9.55. The standard InChI is InChI=1S/C21H20ClN5/c1-13(2)27-8-7-17-16(10-27)19(14-5-3-4-6-18(14)22)15(9-23)20(26)21(17,11-24)12-25/h3-7,13,15-16,19,26H,8,10H2,1-2H3/p+1/t15-,16+,19-/m1/s1. The zero-order valence-corrected chi connectivity index (χ0v) is 16.1. The molecule has 0 saturated heterocycles. The van der Waals surface area contributed by atoms with Gasteiger partial charge in [0.1, 0.15) is 0 Å². The van der Waals surface area contributed by atoms with E-state index >= 15 is 0 Å². The zero-order valence-electron chi connectivity index (χ0n) is 15.3. The van der Waals surface area contributed by atoms with Crippen LogP contribution in [0, 0.1) is 56.7 Å². The molecule has 0 amide bonds. The van der Waals surface area contributed by atoms with Crippen LogP contribution in [0.4, 0.5) is 0 Å². The van der Waals surface area contributed by atoms with E-state index < -0.39 is 11.3 Å². The number of nitrogens with zero attached hydrogens (tertiary/aromatic N) is 3. The summed E-state index contributed by atoms with van der Waals surface area (Å²) in [4.78, 5) is 1.33. The van der Waals surface area contributed by atoms with E-state index in [0.717, 1.165) is 5.56 Å². The number of rotatable bonds is 2. The highest BCUT2D eigenvalue weighted by atomic mass is 35.5. The maximum atomic E-state index is 9.89. The molecule has 0 aromatic heterocycles. The van der Waals surface area contributed by atoms with Crippen LogP contribution < -0.4 is 4.90 Å². The van der Waals surface area contributed by atoms with Gasteiger partial charge in [0.05, 0.1) is 49.0 Å². The fourth-order valence-electron chi connectivity index (χ4n) is 4.45. The lowest BCUT2D eigenvalue weighted by molar-refractivity contribution is -0.920. The zero-order chi connectivity index (χ0) is 19.8. The maximum Gasteiger partial charge on any atom is 0.203 e.